The van der Waals surface area contributed by atoms with Crippen LogP contribution < -0.4 is 5.32 Å². The topological polar surface area (TPSA) is 79.0 Å². The number of ether oxygens (including phenoxy) is 1. The molecule has 2 amide bonds. The Labute approximate surface area is 244 Å². The SMILES string of the molecule is CCOC(=O)C1(C2CCCCC2)CCN(C(=O)[C@@H](Cc2ccc(F)cc2)NC(=O)[C@@H]2C[C@@H]3C[C@H]2N(C(C)C)C3)CC1. The molecule has 7 nitrogen and oxygen atoms in total. The molecule has 2 saturated carbocycles. The van der Waals surface area contributed by atoms with Gasteiger partial charge in [0.2, 0.25) is 11.8 Å². The second-order valence-corrected chi connectivity index (χ2v) is 13.2. The van der Waals surface area contributed by atoms with Gasteiger partial charge in [0.15, 0.2) is 0 Å². The molecule has 0 spiro atoms. The Morgan fingerprint density at radius 2 is 1.73 bits per heavy atom. The van der Waals surface area contributed by atoms with Crippen LogP contribution in [0.25, 0.3) is 0 Å². The van der Waals surface area contributed by atoms with E-state index < -0.39 is 11.5 Å². The van der Waals surface area contributed by atoms with E-state index in [4.69, 9.17) is 4.74 Å². The lowest BCUT2D eigenvalue weighted by Gasteiger charge is -2.46. The van der Waals surface area contributed by atoms with Gasteiger partial charge in [0, 0.05) is 38.1 Å². The van der Waals surface area contributed by atoms with E-state index in [-0.39, 0.29) is 35.6 Å². The van der Waals surface area contributed by atoms with Crippen molar-refractivity contribution in [3.63, 3.8) is 0 Å². The Hall–Kier alpha value is -2.48. The quantitative estimate of drug-likeness (QED) is 0.436. The molecule has 4 fully saturated rings. The lowest BCUT2D eigenvalue weighted by Crippen LogP contribution is -2.57. The first-order valence-corrected chi connectivity index (χ1v) is 16.0. The van der Waals surface area contributed by atoms with E-state index in [0.29, 0.717) is 56.8 Å². The van der Waals surface area contributed by atoms with E-state index in [0.717, 1.165) is 50.6 Å². The molecule has 8 heteroatoms. The van der Waals surface area contributed by atoms with Gasteiger partial charge in [-0.15, -0.1) is 0 Å². The molecular weight excluding hydrogens is 521 g/mol. The van der Waals surface area contributed by atoms with Crippen molar-refractivity contribution in [2.75, 3.05) is 26.2 Å². The number of esters is 1. The van der Waals surface area contributed by atoms with Crippen molar-refractivity contribution in [1.29, 1.82) is 0 Å². The largest absolute Gasteiger partial charge is 0.466 e. The smallest absolute Gasteiger partial charge is 0.312 e. The molecule has 4 aliphatic rings. The number of piperidine rings is 2. The third-order valence-electron chi connectivity index (χ3n) is 10.5. The molecule has 1 N–H and O–H groups in total. The van der Waals surface area contributed by atoms with Gasteiger partial charge in [0.25, 0.3) is 0 Å². The monoisotopic (exact) mass is 569 g/mol. The highest BCUT2D eigenvalue weighted by Crippen LogP contribution is 2.47. The highest BCUT2D eigenvalue weighted by Gasteiger charge is 2.51. The number of benzene rings is 1. The van der Waals surface area contributed by atoms with Crippen molar-refractivity contribution >= 4 is 17.8 Å². The van der Waals surface area contributed by atoms with E-state index >= 15 is 0 Å². The Kier molecular flexibility index (Phi) is 9.37. The van der Waals surface area contributed by atoms with Crippen LogP contribution in [0.3, 0.4) is 0 Å². The minimum atomic E-state index is -0.732. The van der Waals surface area contributed by atoms with Crippen LogP contribution in [0.2, 0.25) is 0 Å². The fourth-order valence-electron chi connectivity index (χ4n) is 8.33. The second-order valence-electron chi connectivity index (χ2n) is 13.2. The van der Waals surface area contributed by atoms with E-state index in [1.165, 1.54) is 18.6 Å². The fraction of sp³-hybridized carbons (Fsp3) is 0.727. The third-order valence-corrected chi connectivity index (χ3v) is 10.5. The summed E-state index contributed by atoms with van der Waals surface area (Å²) in [7, 11) is 0. The molecule has 226 valence electrons. The van der Waals surface area contributed by atoms with Gasteiger partial charge < -0.3 is 15.0 Å². The molecule has 5 rings (SSSR count). The summed E-state index contributed by atoms with van der Waals surface area (Å²) in [5, 5.41) is 3.15. The molecule has 2 heterocycles. The van der Waals surface area contributed by atoms with Crippen LogP contribution in [0, 0.1) is 29.0 Å². The van der Waals surface area contributed by atoms with Gasteiger partial charge in [0.1, 0.15) is 11.9 Å². The summed E-state index contributed by atoms with van der Waals surface area (Å²) in [4.78, 5) is 45.3. The number of hydrogen-bond acceptors (Lipinski definition) is 5. The van der Waals surface area contributed by atoms with Gasteiger partial charge in [-0.05, 0) is 88.8 Å². The molecule has 4 atom stereocenters. The van der Waals surface area contributed by atoms with Crippen molar-refractivity contribution < 1.29 is 23.5 Å². The molecule has 1 aromatic rings. The van der Waals surface area contributed by atoms with Crippen LogP contribution in [0.1, 0.15) is 84.1 Å². The maximum absolute atomic E-state index is 14.0. The summed E-state index contributed by atoms with van der Waals surface area (Å²) < 4.78 is 19.2. The molecule has 0 radical (unpaired) electrons. The van der Waals surface area contributed by atoms with E-state index in [1.807, 2.05) is 11.8 Å². The van der Waals surface area contributed by atoms with E-state index in [1.54, 1.807) is 12.1 Å². The number of hydrogen-bond donors (Lipinski definition) is 1. The Bertz CT molecular complexity index is 1080. The van der Waals surface area contributed by atoms with Crippen molar-refractivity contribution in [1.82, 2.24) is 15.1 Å². The third kappa shape index (κ3) is 6.32. The first kappa shape index (κ1) is 30.0. The van der Waals surface area contributed by atoms with Gasteiger partial charge in [0.05, 0.1) is 17.9 Å². The highest BCUT2D eigenvalue weighted by atomic mass is 19.1. The zero-order chi connectivity index (χ0) is 29.1. The average molecular weight is 570 g/mol. The molecule has 2 bridgehead atoms. The zero-order valence-corrected chi connectivity index (χ0v) is 25.1. The summed E-state index contributed by atoms with van der Waals surface area (Å²) in [5.74, 6) is 0.0951. The Morgan fingerprint density at radius 3 is 2.34 bits per heavy atom. The number of rotatable bonds is 9. The molecular formula is C33H48FN3O4. The van der Waals surface area contributed by atoms with Crippen molar-refractivity contribution in [2.45, 2.75) is 103 Å². The summed E-state index contributed by atoms with van der Waals surface area (Å²) in [6, 6.07) is 6.04. The number of nitrogens with one attached hydrogen (secondary N) is 1. The van der Waals surface area contributed by atoms with Crippen LogP contribution in [0.15, 0.2) is 24.3 Å². The number of carbonyl (C=O) groups is 3. The van der Waals surface area contributed by atoms with Gasteiger partial charge in [-0.3, -0.25) is 19.3 Å². The van der Waals surface area contributed by atoms with Crippen LogP contribution in [-0.4, -0.2) is 72.0 Å². The Morgan fingerprint density at radius 1 is 1.05 bits per heavy atom. The van der Waals surface area contributed by atoms with E-state index in [9.17, 15) is 18.8 Å². The lowest BCUT2D eigenvalue weighted by molar-refractivity contribution is -0.166. The molecule has 0 unspecified atom stereocenters. The highest BCUT2D eigenvalue weighted by molar-refractivity contribution is 5.89. The van der Waals surface area contributed by atoms with Crippen LogP contribution in [0.5, 0.6) is 0 Å². The number of halogens is 1. The number of likely N-dealkylation sites (tertiary alicyclic amines) is 2. The minimum absolute atomic E-state index is 0.0524. The lowest BCUT2D eigenvalue weighted by atomic mass is 9.63. The zero-order valence-electron chi connectivity index (χ0n) is 25.1. The van der Waals surface area contributed by atoms with E-state index in [2.05, 4.69) is 24.1 Å². The first-order valence-electron chi connectivity index (χ1n) is 16.0. The van der Waals surface area contributed by atoms with Gasteiger partial charge in [-0.25, -0.2) is 4.39 Å². The molecule has 2 aliphatic heterocycles. The second kappa shape index (κ2) is 12.8. The number of amides is 2. The fourth-order valence-corrected chi connectivity index (χ4v) is 8.33. The maximum atomic E-state index is 14.0. The molecule has 2 saturated heterocycles. The summed E-state index contributed by atoms with van der Waals surface area (Å²) in [5.41, 5.74) is 0.272. The molecule has 2 aliphatic carbocycles. The van der Waals surface area contributed by atoms with Crippen molar-refractivity contribution in [3.8, 4) is 0 Å². The normalized spacial score (nSPS) is 27.1. The first-order chi connectivity index (χ1) is 19.7. The molecule has 41 heavy (non-hydrogen) atoms. The maximum Gasteiger partial charge on any atom is 0.312 e. The Balaban J connectivity index is 1.31. The summed E-state index contributed by atoms with van der Waals surface area (Å²) in [6.45, 7) is 8.55. The number of nitrogens with zero attached hydrogens (tertiary/aromatic N) is 2. The van der Waals surface area contributed by atoms with Gasteiger partial charge in [-0.2, -0.15) is 0 Å². The predicted molar refractivity (Wildman–Crippen MR) is 155 cm³/mol. The van der Waals surface area contributed by atoms with Gasteiger partial charge >= 0.3 is 5.97 Å². The van der Waals surface area contributed by atoms with Crippen LogP contribution in [-0.2, 0) is 25.5 Å². The van der Waals surface area contributed by atoms with Crippen molar-refractivity contribution in [2.24, 2.45) is 23.2 Å². The predicted octanol–water partition coefficient (Wildman–Crippen LogP) is 4.72. The summed E-state index contributed by atoms with van der Waals surface area (Å²) >= 11 is 0. The number of carbonyl (C=O) groups excluding carboxylic acids is 3. The van der Waals surface area contributed by atoms with Crippen molar-refractivity contribution in [3.05, 3.63) is 35.6 Å². The minimum Gasteiger partial charge on any atom is -0.466 e. The molecule has 0 aromatic heterocycles. The standard InChI is InChI=1S/C33H48FN3O4/c1-4-41-32(40)33(25-8-6-5-7-9-25)14-16-36(17-15-33)31(39)28(19-23-10-12-26(34)13-11-23)35-30(38)27-18-24-20-29(27)37(21-24)22(2)3/h10-13,22,24-25,27-29H,4-9,14-21H2,1-3H3,(H,35,38)/t24-,27-,28-,29-/m1/s1. The van der Waals surface area contributed by atoms with Crippen LogP contribution in [0.4, 0.5) is 4.39 Å². The van der Waals surface area contributed by atoms with Gasteiger partial charge in [-0.1, -0.05) is 31.4 Å². The molecule has 1 aromatic carbocycles. The van der Waals surface area contributed by atoms with Crippen LogP contribution >= 0.6 is 0 Å². The number of fused-ring (bicyclic) bond motifs is 2. The summed E-state index contributed by atoms with van der Waals surface area (Å²) in [6.07, 6.45) is 8.95. The average Bonchev–Trinajstić information content (AvgIpc) is 3.60.